The van der Waals surface area contributed by atoms with Crippen LogP contribution in [0.2, 0.25) is 0 Å². The number of aromatic nitrogens is 3. The molecule has 0 spiro atoms. The first-order chi connectivity index (χ1) is 33.1. The van der Waals surface area contributed by atoms with Gasteiger partial charge >= 0.3 is 0 Å². The van der Waals surface area contributed by atoms with E-state index in [0.29, 0.717) is 16.8 Å². The molecule has 5 aromatic rings. The van der Waals surface area contributed by atoms with Gasteiger partial charge in [-0.05, 0) is 49.1 Å². The number of amidine groups is 1. The average molecular weight is 962 g/mol. The van der Waals surface area contributed by atoms with Crippen molar-refractivity contribution in [2.45, 2.75) is 80.2 Å². The van der Waals surface area contributed by atoms with Crippen molar-refractivity contribution < 1.29 is 33.6 Å². The van der Waals surface area contributed by atoms with Crippen molar-refractivity contribution in [1.82, 2.24) is 46.9 Å². The Morgan fingerprint density at radius 3 is 2.06 bits per heavy atom. The van der Waals surface area contributed by atoms with Crippen molar-refractivity contribution in [2.75, 3.05) is 12.3 Å². The number of H-pyrrole nitrogens is 2. The second-order valence-corrected chi connectivity index (χ2v) is 17.4. The SMILES string of the molecule is C[C@H]1NC(=O)c2cc(C(=N)N)ccc2SC[C@@H](C(N)=O)NC(=O)[C@H](Cc2c[nH]c3ccccc23)NC(=O)[C@H](CCCN=C(N)N)NC(=O)[C@@H](Cc2ccccc2)NC(=O)[C@H](Cc2cnc[nH]2)NC1=O. The molecule has 362 valence electrons. The smallest absolute Gasteiger partial charge is 0.253 e. The molecule has 3 aromatic carbocycles. The zero-order valence-electron chi connectivity index (χ0n) is 37.5. The molecule has 6 rings (SSSR count). The predicted octanol–water partition coefficient (Wildman–Crippen LogP) is -0.910. The van der Waals surface area contributed by atoms with Crippen LogP contribution in [0.3, 0.4) is 0 Å². The van der Waals surface area contributed by atoms with Gasteiger partial charge in [0.1, 0.15) is 42.1 Å². The van der Waals surface area contributed by atoms with E-state index in [1.54, 1.807) is 36.5 Å². The maximum atomic E-state index is 14.6. The number of aromatic amines is 2. The van der Waals surface area contributed by atoms with Crippen molar-refractivity contribution in [1.29, 1.82) is 5.41 Å². The Hall–Kier alpha value is -8.21. The van der Waals surface area contributed by atoms with Gasteiger partial charge in [-0.2, -0.15) is 0 Å². The van der Waals surface area contributed by atoms with E-state index >= 15 is 0 Å². The van der Waals surface area contributed by atoms with Gasteiger partial charge in [0.15, 0.2) is 5.96 Å². The Balaban J connectivity index is 1.42. The highest BCUT2D eigenvalue weighted by atomic mass is 32.2. The molecule has 17 N–H and O–H groups in total. The van der Waals surface area contributed by atoms with Crippen LogP contribution in [-0.2, 0) is 48.0 Å². The molecule has 0 aliphatic carbocycles. The number of imidazole rings is 1. The molecule has 0 fully saturated rings. The minimum Gasteiger partial charge on any atom is -0.384 e. The number of guanidine groups is 1. The van der Waals surface area contributed by atoms with Crippen LogP contribution in [0.1, 0.15) is 52.5 Å². The van der Waals surface area contributed by atoms with Gasteiger partial charge in [0.2, 0.25) is 35.4 Å². The summed E-state index contributed by atoms with van der Waals surface area (Å²) in [7, 11) is 0. The third-order valence-electron chi connectivity index (χ3n) is 11.2. The number of carbonyl (C=O) groups is 7. The molecule has 0 bridgehead atoms. The minimum absolute atomic E-state index is 0.0269. The van der Waals surface area contributed by atoms with Gasteiger partial charge in [-0.15, -0.1) is 11.8 Å². The summed E-state index contributed by atoms with van der Waals surface area (Å²) in [6, 6.07) is 12.4. The van der Waals surface area contributed by atoms with Gasteiger partial charge in [-0.3, -0.25) is 44.0 Å². The maximum Gasteiger partial charge on any atom is 0.253 e. The van der Waals surface area contributed by atoms with Crippen LogP contribution in [-0.4, -0.2) is 117 Å². The summed E-state index contributed by atoms with van der Waals surface area (Å²) < 4.78 is 0. The largest absolute Gasteiger partial charge is 0.384 e. The van der Waals surface area contributed by atoms with Gasteiger partial charge in [-0.1, -0.05) is 54.6 Å². The molecule has 0 saturated heterocycles. The van der Waals surface area contributed by atoms with Crippen LogP contribution in [0.5, 0.6) is 0 Å². The lowest BCUT2D eigenvalue weighted by Crippen LogP contribution is -2.60. The number of aliphatic imine (C=N–C) groups is 1. The van der Waals surface area contributed by atoms with Gasteiger partial charge in [0.05, 0.1) is 11.9 Å². The van der Waals surface area contributed by atoms with E-state index in [2.05, 4.69) is 51.8 Å². The normalized spacial score (nSPS) is 21.1. The van der Waals surface area contributed by atoms with E-state index in [1.165, 1.54) is 37.6 Å². The molecular weight excluding hydrogens is 907 g/mol. The van der Waals surface area contributed by atoms with Crippen LogP contribution in [0.15, 0.2) is 101 Å². The number of nitrogens with one attached hydrogen (secondary N) is 9. The molecule has 0 saturated carbocycles. The first-order valence-electron chi connectivity index (χ1n) is 21.9. The number of carbonyl (C=O) groups excluding carboxylic acids is 7. The van der Waals surface area contributed by atoms with Gasteiger partial charge < -0.3 is 64.8 Å². The van der Waals surface area contributed by atoms with Crippen LogP contribution in [0.25, 0.3) is 10.9 Å². The zero-order chi connectivity index (χ0) is 49.6. The van der Waals surface area contributed by atoms with Crippen molar-refractivity contribution in [3.8, 4) is 0 Å². The first-order valence-corrected chi connectivity index (χ1v) is 22.9. The number of nitrogen functional groups attached to an aromatic ring is 1. The van der Waals surface area contributed by atoms with Crippen molar-refractivity contribution in [2.24, 2.45) is 27.9 Å². The number of amides is 7. The highest BCUT2D eigenvalue weighted by molar-refractivity contribution is 7.99. The van der Waals surface area contributed by atoms with E-state index in [0.717, 1.165) is 22.7 Å². The molecular formula is C46H55N15O7S. The zero-order valence-corrected chi connectivity index (χ0v) is 38.4. The van der Waals surface area contributed by atoms with E-state index < -0.39 is 77.6 Å². The average Bonchev–Trinajstić information content (AvgIpc) is 4.00. The fraction of sp³-hybridized carbons (Fsp3) is 0.304. The number of nitrogens with zero attached hydrogens (tertiary/aromatic N) is 2. The third kappa shape index (κ3) is 13.9. The Labute approximate surface area is 400 Å². The van der Waals surface area contributed by atoms with E-state index in [9.17, 15) is 33.6 Å². The summed E-state index contributed by atoms with van der Waals surface area (Å²) >= 11 is 0.974. The van der Waals surface area contributed by atoms with Crippen LogP contribution in [0, 0.1) is 5.41 Å². The number of nitrogens with two attached hydrogens (primary N) is 4. The molecule has 6 atom stereocenters. The molecule has 1 aliphatic heterocycles. The molecule has 69 heavy (non-hydrogen) atoms. The van der Waals surface area contributed by atoms with Crippen LogP contribution < -0.4 is 54.8 Å². The molecule has 3 heterocycles. The number of fused-ring (bicyclic) bond motifs is 2. The summed E-state index contributed by atoms with van der Waals surface area (Å²) in [6.07, 6.45) is 4.45. The highest BCUT2D eigenvalue weighted by Gasteiger charge is 2.34. The molecule has 7 amide bonds. The van der Waals surface area contributed by atoms with Crippen molar-refractivity contribution >= 4 is 75.8 Å². The molecule has 0 unspecified atom stereocenters. The number of rotatable bonds is 12. The molecule has 23 heteroatoms. The lowest BCUT2D eigenvalue weighted by Gasteiger charge is -2.27. The Morgan fingerprint density at radius 2 is 1.38 bits per heavy atom. The Kier molecular flexibility index (Phi) is 17.1. The van der Waals surface area contributed by atoms with E-state index in [1.807, 2.05) is 24.3 Å². The van der Waals surface area contributed by atoms with Gasteiger partial charge in [0, 0.05) is 71.0 Å². The predicted molar refractivity (Wildman–Crippen MR) is 258 cm³/mol. The maximum absolute atomic E-state index is 14.6. The quantitative estimate of drug-likeness (QED) is 0.0411. The monoisotopic (exact) mass is 961 g/mol. The second-order valence-electron chi connectivity index (χ2n) is 16.3. The first kappa shape index (κ1) is 50.2. The third-order valence-corrected chi connectivity index (χ3v) is 12.3. The number of hydrogen-bond acceptors (Lipinski definition) is 11. The van der Waals surface area contributed by atoms with Crippen molar-refractivity contribution in [3.05, 3.63) is 119 Å². The summed E-state index contributed by atoms with van der Waals surface area (Å²) in [4.78, 5) is 113. The minimum atomic E-state index is -1.36. The second kappa shape index (κ2) is 23.5. The number of para-hydroxylation sites is 1. The molecule has 1 aliphatic rings. The lowest BCUT2D eigenvalue weighted by molar-refractivity contribution is -0.135. The summed E-state index contributed by atoms with van der Waals surface area (Å²) in [5.74, 6) is -6.37. The van der Waals surface area contributed by atoms with Gasteiger partial charge in [0.25, 0.3) is 5.91 Å². The number of benzene rings is 3. The van der Waals surface area contributed by atoms with E-state index in [4.69, 9.17) is 28.3 Å². The molecule has 2 aromatic heterocycles. The Bertz CT molecular complexity index is 2710. The van der Waals surface area contributed by atoms with Crippen molar-refractivity contribution in [3.63, 3.8) is 0 Å². The standard InChI is InChI=1S/C46H55N15O7S/c1-24-40(63)58-35(19-28-21-52-23-55-28)45(68)59-33(16-25-8-3-2-4-9-25)43(66)57-32(12-7-15-53-46(50)51)42(65)60-34(18-27-20-54-31-11-6-5-10-29(27)31)44(67)61-36(39(49)62)22-69-37-14-13-26(38(47)48)17-30(37)41(64)56-24/h2-6,8-11,13-14,17,20-21,23-24,32-36,54H,7,12,15-16,18-19,22H2,1H3,(H3,47,48)(H2,49,62)(H,52,55)(H,56,64)(H,57,66)(H,58,63)(H,59,68)(H,60,65)(H,61,67)(H4,50,51,53)/t24-,32+,33-,34+,35+,36+/m1/s1. The molecule has 22 nitrogen and oxygen atoms in total. The number of primary amides is 1. The fourth-order valence-electron chi connectivity index (χ4n) is 7.48. The lowest BCUT2D eigenvalue weighted by atomic mass is 10.0. The highest BCUT2D eigenvalue weighted by Crippen LogP contribution is 2.26. The topological polar surface area (TPSA) is 376 Å². The number of thioether (sulfide) groups is 1. The fourth-order valence-corrected chi connectivity index (χ4v) is 8.55. The summed E-state index contributed by atoms with van der Waals surface area (Å²) in [5.41, 5.74) is 25.4. The summed E-state index contributed by atoms with van der Waals surface area (Å²) in [5, 5.41) is 25.1. The summed E-state index contributed by atoms with van der Waals surface area (Å²) in [6.45, 7) is 1.48. The van der Waals surface area contributed by atoms with Crippen LogP contribution in [0.4, 0.5) is 0 Å². The van der Waals surface area contributed by atoms with Gasteiger partial charge in [-0.25, -0.2) is 4.98 Å². The van der Waals surface area contributed by atoms with Crippen LogP contribution >= 0.6 is 11.8 Å². The Morgan fingerprint density at radius 1 is 0.739 bits per heavy atom. The van der Waals surface area contributed by atoms with E-state index in [-0.39, 0.29) is 72.2 Å². The molecule has 0 radical (unpaired) electrons. The number of hydrogen-bond donors (Lipinski definition) is 13.